The number of anilines is 2. The van der Waals surface area contributed by atoms with Crippen molar-refractivity contribution in [3.63, 3.8) is 0 Å². The summed E-state index contributed by atoms with van der Waals surface area (Å²) in [7, 11) is -1.25. The van der Waals surface area contributed by atoms with E-state index in [4.69, 9.17) is 9.72 Å². The van der Waals surface area contributed by atoms with Gasteiger partial charge in [0.2, 0.25) is 5.95 Å². The van der Waals surface area contributed by atoms with Crippen molar-refractivity contribution in [1.82, 2.24) is 9.55 Å². The SMILES string of the molecule is C[Si](C)(C)CCOCn1cc(-c2cccc(C(F)(F)F)c2)nc1N1CCN(c2cccc[n+]2O)CC1. The van der Waals surface area contributed by atoms with Gasteiger partial charge in [-0.3, -0.25) is 9.47 Å². The first-order chi connectivity index (χ1) is 17.0. The summed E-state index contributed by atoms with van der Waals surface area (Å²) in [4.78, 5) is 8.94. The van der Waals surface area contributed by atoms with E-state index in [2.05, 4.69) is 29.4 Å². The molecule has 1 aromatic carbocycles. The van der Waals surface area contributed by atoms with Gasteiger partial charge < -0.3 is 14.8 Å². The summed E-state index contributed by atoms with van der Waals surface area (Å²) in [6.07, 6.45) is -1.06. The largest absolute Gasteiger partial charge is 0.416 e. The van der Waals surface area contributed by atoms with Gasteiger partial charge >= 0.3 is 12.0 Å². The maximum atomic E-state index is 13.3. The third-order valence-electron chi connectivity index (χ3n) is 6.17. The Labute approximate surface area is 210 Å². The molecule has 11 heteroatoms. The number of pyridine rings is 1. The first-order valence-electron chi connectivity index (χ1n) is 12.0. The predicted molar refractivity (Wildman–Crippen MR) is 135 cm³/mol. The lowest BCUT2D eigenvalue weighted by molar-refractivity contribution is -0.894. The standard InChI is InChI=1S/C25H33F3N5O2Si/c1-36(2,3)16-15-35-19-32-18-22(20-7-6-8-21(17-20)25(26,27)28)29-24(32)31-13-11-30(12-14-31)23-9-4-5-10-33(23)34/h4-10,17-18,34H,11-16,19H2,1-3H3/q+1. The molecule has 36 heavy (non-hydrogen) atoms. The molecule has 194 valence electrons. The van der Waals surface area contributed by atoms with Gasteiger partial charge in [-0.2, -0.15) is 13.2 Å². The average Bonchev–Trinajstić information content (AvgIpc) is 3.25. The maximum absolute atomic E-state index is 13.3. The highest BCUT2D eigenvalue weighted by molar-refractivity contribution is 6.76. The molecule has 1 aliphatic heterocycles. The number of rotatable bonds is 8. The Morgan fingerprint density at radius 1 is 1.03 bits per heavy atom. The van der Waals surface area contributed by atoms with Gasteiger partial charge in [-0.05, 0) is 24.2 Å². The van der Waals surface area contributed by atoms with E-state index in [0.717, 1.165) is 22.9 Å². The Morgan fingerprint density at radius 3 is 2.42 bits per heavy atom. The van der Waals surface area contributed by atoms with E-state index in [9.17, 15) is 18.4 Å². The van der Waals surface area contributed by atoms with Gasteiger partial charge in [-0.25, -0.2) is 4.98 Å². The van der Waals surface area contributed by atoms with Gasteiger partial charge in [0.05, 0.1) is 24.3 Å². The van der Waals surface area contributed by atoms with Gasteiger partial charge in [-0.1, -0.05) is 42.6 Å². The molecule has 1 N–H and O–H groups in total. The fourth-order valence-electron chi connectivity index (χ4n) is 4.10. The molecular formula is C25H33F3N5O2Si+. The maximum Gasteiger partial charge on any atom is 0.416 e. The fraction of sp³-hybridized carbons (Fsp3) is 0.440. The fourth-order valence-corrected chi connectivity index (χ4v) is 4.86. The van der Waals surface area contributed by atoms with Crippen LogP contribution in [0.2, 0.25) is 25.7 Å². The van der Waals surface area contributed by atoms with Gasteiger partial charge in [0.1, 0.15) is 26.0 Å². The van der Waals surface area contributed by atoms with Gasteiger partial charge in [0.25, 0.3) is 0 Å². The van der Waals surface area contributed by atoms with Crippen molar-refractivity contribution in [2.24, 2.45) is 0 Å². The molecule has 2 aromatic heterocycles. The topological polar surface area (TPSA) is 57.6 Å². The summed E-state index contributed by atoms with van der Waals surface area (Å²) < 4.78 is 48.8. The Kier molecular flexibility index (Phi) is 7.60. The molecule has 3 heterocycles. The van der Waals surface area contributed by atoms with E-state index in [-0.39, 0.29) is 6.73 Å². The van der Waals surface area contributed by atoms with E-state index < -0.39 is 19.8 Å². The number of nitrogens with zero attached hydrogens (tertiary/aromatic N) is 5. The lowest BCUT2D eigenvalue weighted by atomic mass is 10.1. The number of alkyl halides is 3. The van der Waals surface area contributed by atoms with Crippen LogP contribution in [0.3, 0.4) is 0 Å². The second kappa shape index (κ2) is 10.5. The highest BCUT2D eigenvalue weighted by Crippen LogP contribution is 2.33. The zero-order chi connectivity index (χ0) is 25.9. The quantitative estimate of drug-likeness (QED) is 0.201. The molecule has 0 saturated carbocycles. The lowest BCUT2D eigenvalue weighted by Gasteiger charge is -2.32. The van der Waals surface area contributed by atoms with Crippen LogP contribution >= 0.6 is 0 Å². The number of aromatic nitrogens is 3. The number of imidazole rings is 1. The van der Waals surface area contributed by atoms with Crippen molar-refractivity contribution in [2.45, 2.75) is 38.6 Å². The van der Waals surface area contributed by atoms with Gasteiger partial charge in [0, 0.05) is 32.5 Å². The highest BCUT2D eigenvalue weighted by atomic mass is 28.3. The van der Waals surface area contributed by atoms with Gasteiger partial charge in [0.15, 0.2) is 0 Å². The van der Waals surface area contributed by atoms with E-state index in [1.807, 2.05) is 16.7 Å². The van der Waals surface area contributed by atoms with Crippen LogP contribution in [0.4, 0.5) is 24.9 Å². The average molecular weight is 521 g/mol. The zero-order valence-corrected chi connectivity index (χ0v) is 21.9. The first-order valence-corrected chi connectivity index (χ1v) is 15.7. The monoisotopic (exact) mass is 520 g/mol. The van der Waals surface area contributed by atoms with Crippen molar-refractivity contribution in [3.05, 3.63) is 60.4 Å². The number of hydrogen-bond acceptors (Lipinski definition) is 5. The second-order valence-corrected chi connectivity index (χ2v) is 15.8. The minimum Gasteiger partial charge on any atom is -0.361 e. The van der Waals surface area contributed by atoms with Crippen molar-refractivity contribution in [1.29, 1.82) is 0 Å². The molecular weight excluding hydrogens is 487 g/mol. The molecule has 3 aromatic rings. The van der Waals surface area contributed by atoms with Crippen molar-refractivity contribution < 1.29 is 27.8 Å². The number of halogens is 3. The van der Waals surface area contributed by atoms with Crippen LogP contribution in [0.5, 0.6) is 0 Å². The lowest BCUT2D eigenvalue weighted by Crippen LogP contribution is -2.51. The Bertz CT molecular complexity index is 1170. The van der Waals surface area contributed by atoms with Crippen LogP contribution in [0, 0.1) is 0 Å². The number of benzene rings is 1. The molecule has 0 radical (unpaired) electrons. The molecule has 0 bridgehead atoms. The third kappa shape index (κ3) is 6.38. The molecule has 1 fully saturated rings. The van der Waals surface area contributed by atoms with Crippen LogP contribution in [-0.4, -0.2) is 55.6 Å². The minimum atomic E-state index is -4.42. The molecule has 7 nitrogen and oxygen atoms in total. The predicted octanol–water partition coefficient (Wildman–Crippen LogP) is 4.73. The molecule has 0 spiro atoms. The summed E-state index contributed by atoms with van der Waals surface area (Å²) >= 11 is 0. The summed E-state index contributed by atoms with van der Waals surface area (Å²) in [6.45, 7) is 10.4. The Balaban J connectivity index is 1.55. The van der Waals surface area contributed by atoms with Crippen LogP contribution in [0.25, 0.3) is 11.3 Å². The Morgan fingerprint density at radius 2 is 1.75 bits per heavy atom. The molecule has 0 atom stereocenters. The molecule has 4 rings (SSSR count). The molecule has 0 unspecified atom stereocenters. The summed E-state index contributed by atoms with van der Waals surface area (Å²) in [6, 6.07) is 11.8. The van der Waals surface area contributed by atoms with Crippen molar-refractivity contribution in [2.75, 3.05) is 42.6 Å². The first kappa shape index (κ1) is 26.0. The van der Waals surface area contributed by atoms with Crippen LogP contribution in [-0.2, 0) is 17.6 Å². The Hall–Kier alpha value is -3.05. The number of hydrogen-bond donors (Lipinski definition) is 1. The molecule has 1 saturated heterocycles. The second-order valence-electron chi connectivity index (χ2n) is 10.2. The normalized spacial score (nSPS) is 14.9. The molecule has 0 aliphatic carbocycles. The third-order valence-corrected chi connectivity index (χ3v) is 7.88. The van der Waals surface area contributed by atoms with E-state index in [1.165, 1.54) is 6.07 Å². The summed E-state index contributed by atoms with van der Waals surface area (Å²) in [5.74, 6) is 1.37. The van der Waals surface area contributed by atoms with E-state index >= 15 is 0 Å². The number of ether oxygens (including phenoxy) is 1. The zero-order valence-electron chi connectivity index (χ0n) is 20.9. The minimum absolute atomic E-state index is 0.279. The summed E-state index contributed by atoms with van der Waals surface area (Å²) in [5.41, 5.74) is 0.191. The van der Waals surface area contributed by atoms with Crippen LogP contribution < -0.4 is 14.5 Å². The van der Waals surface area contributed by atoms with Crippen LogP contribution in [0.1, 0.15) is 5.56 Å². The van der Waals surface area contributed by atoms with E-state index in [0.29, 0.717) is 55.8 Å². The van der Waals surface area contributed by atoms with Gasteiger partial charge in [-0.15, -0.1) is 0 Å². The molecule has 0 amide bonds. The van der Waals surface area contributed by atoms with Crippen molar-refractivity contribution in [3.8, 4) is 11.3 Å². The molecule has 1 aliphatic rings. The van der Waals surface area contributed by atoms with Crippen LogP contribution in [0.15, 0.2) is 54.9 Å². The number of piperazine rings is 1. The highest BCUT2D eigenvalue weighted by Gasteiger charge is 2.31. The van der Waals surface area contributed by atoms with E-state index in [1.54, 1.807) is 24.5 Å². The summed E-state index contributed by atoms with van der Waals surface area (Å²) in [5, 5.41) is 10.1. The smallest absolute Gasteiger partial charge is 0.361 e. The van der Waals surface area contributed by atoms with Crippen molar-refractivity contribution >= 4 is 19.8 Å².